The van der Waals surface area contributed by atoms with Crippen LogP contribution in [0.1, 0.15) is 37.7 Å². The molecule has 0 spiro atoms. The highest BCUT2D eigenvalue weighted by molar-refractivity contribution is 6.18. The first-order valence-corrected chi connectivity index (χ1v) is 6.65. The summed E-state index contributed by atoms with van der Waals surface area (Å²) in [5.74, 6) is 0.577. The number of halogens is 2. The van der Waals surface area contributed by atoms with Gasteiger partial charge in [-0.1, -0.05) is 25.3 Å². The van der Waals surface area contributed by atoms with E-state index >= 15 is 0 Å². The fourth-order valence-electron chi connectivity index (χ4n) is 2.72. The molecule has 0 radical (unpaired) electrons. The molecule has 94 valence electrons. The highest BCUT2D eigenvalue weighted by Gasteiger charge is 2.33. The van der Waals surface area contributed by atoms with Crippen molar-refractivity contribution in [1.29, 1.82) is 0 Å². The number of alkyl halides is 1. The molecule has 17 heavy (non-hydrogen) atoms. The maximum absolute atomic E-state index is 13.7. The maximum atomic E-state index is 13.7. The maximum Gasteiger partial charge on any atom is 0.165 e. The predicted octanol–water partition coefficient (Wildman–Crippen LogP) is 4.28. The van der Waals surface area contributed by atoms with Gasteiger partial charge < -0.3 is 4.74 Å². The van der Waals surface area contributed by atoms with E-state index in [1.807, 2.05) is 6.07 Å². The Morgan fingerprint density at radius 3 is 2.53 bits per heavy atom. The van der Waals surface area contributed by atoms with Crippen LogP contribution in [0.15, 0.2) is 18.2 Å². The lowest BCUT2D eigenvalue weighted by atomic mass is 9.71. The normalized spacial score (nSPS) is 19.0. The van der Waals surface area contributed by atoms with Crippen LogP contribution in [0.25, 0.3) is 0 Å². The van der Waals surface area contributed by atoms with Gasteiger partial charge in [0.25, 0.3) is 0 Å². The van der Waals surface area contributed by atoms with E-state index in [1.54, 1.807) is 12.1 Å². The van der Waals surface area contributed by atoms with Crippen LogP contribution in [0.5, 0.6) is 5.75 Å². The SMILES string of the molecule is COc1ccc(C2(CCl)CCCCC2)cc1F. The molecule has 0 aromatic heterocycles. The van der Waals surface area contributed by atoms with E-state index in [0.29, 0.717) is 11.6 Å². The van der Waals surface area contributed by atoms with Gasteiger partial charge >= 0.3 is 0 Å². The zero-order valence-corrected chi connectivity index (χ0v) is 10.9. The van der Waals surface area contributed by atoms with Crippen molar-refractivity contribution in [2.24, 2.45) is 0 Å². The molecule has 1 aromatic rings. The summed E-state index contributed by atoms with van der Waals surface area (Å²) < 4.78 is 18.7. The highest BCUT2D eigenvalue weighted by atomic mass is 35.5. The summed E-state index contributed by atoms with van der Waals surface area (Å²) in [7, 11) is 1.48. The van der Waals surface area contributed by atoms with E-state index in [2.05, 4.69) is 0 Å². The number of rotatable bonds is 3. The molecule has 0 unspecified atom stereocenters. The number of hydrogen-bond donors (Lipinski definition) is 0. The van der Waals surface area contributed by atoms with Gasteiger partial charge in [0.1, 0.15) is 0 Å². The van der Waals surface area contributed by atoms with Gasteiger partial charge in [-0.25, -0.2) is 4.39 Å². The second-order valence-electron chi connectivity index (χ2n) is 4.82. The lowest BCUT2D eigenvalue weighted by Crippen LogP contribution is -2.31. The van der Waals surface area contributed by atoms with E-state index in [9.17, 15) is 4.39 Å². The van der Waals surface area contributed by atoms with Gasteiger partial charge in [0, 0.05) is 11.3 Å². The molecule has 0 amide bonds. The Bertz CT molecular complexity index is 386. The van der Waals surface area contributed by atoms with Gasteiger partial charge in [-0.05, 0) is 30.5 Å². The minimum atomic E-state index is -0.292. The van der Waals surface area contributed by atoms with Crippen LogP contribution in [0.2, 0.25) is 0 Å². The summed E-state index contributed by atoms with van der Waals surface area (Å²) in [6.07, 6.45) is 5.74. The van der Waals surface area contributed by atoms with Crippen LogP contribution >= 0.6 is 11.6 Å². The van der Waals surface area contributed by atoms with Crippen LogP contribution < -0.4 is 4.74 Å². The first kappa shape index (κ1) is 12.7. The number of methoxy groups -OCH3 is 1. The van der Waals surface area contributed by atoms with E-state index in [4.69, 9.17) is 16.3 Å². The van der Waals surface area contributed by atoms with E-state index in [1.165, 1.54) is 26.4 Å². The van der Waals surface area contributed by atoms with E-state index < -0.39 is 0 Å². The molecule has 0 atom stereocenters. The van der Waals surface area contributed by atoms with Crippen molar-refractivity contribution in [1.82, 2.24) is 0 Å². The van der Waals surface area contributed by atoms with Crippen molar-refractivity contribution >= 4 is 11.6 Å². The summed E-state index contributed by atoms with van der Waals surface area (Å²) in [5.41, 5.74) is 0.984. The number of hydrogen-bond acceptors (Lipinski definition) is 1. The van der Waals surface area contributed by atoms with Crippen molar-refractivity contribution in [2.45, 2.75) is 37.5 Å². The Kier molecular flexibility index (Phi) is 3.93. The van der Waals surface area contributed by atoms with Crippen molar-refractivity contribution in [2.75, 3.05) is 13.0 Å². The molecule has 1 aromatic carbocycles. The number of benzene rings is 1. The average Bonchev–Trinajstić information content (AvgIpc) is 2.39. The Hall–Kier alpha value is -0.760. The molecule has 1 nitrogen and oxygen atoms in total. The molecule has 0 saturated heterocycles. The smallest absolute Gasteiger partial charge is 0.165 e. The summed E-state index contributed by atoms with van der Waals surface area (Å²) >= 11 is 6.14. The zero-order valence-electron chi connectivity index (χ0n) is 10.1. The van der Waals surface area contributed by atoms with Gasteiger partial charge in [0.05, 0.1) is 7.11 Å². The molecule has 0 aliphatic heterocycles. The monoisotopic (exact) mass is 256 g/mol. The Balaban J connectivity index is 2.33. The highest BCUT2D eigenvalue weighted by Crippen LogP contribution is 2.41. The van der Waals surface area contributed by atoms with Gasteiger partial charge in [-0.2, -0.15) is 0 Å². The molecular weight excluding hydrogens is 239 g/mol. The van der Waals surface area contributed by atoms with E-state index in [-0.39, 0.29) is 11.2 Å². The van der Waals surface area contributed by atoms with Gasteiger partial charge in [0.2, 0.25) is 0 Å². The van der Waals surface area contributed by atoms with Crippen LogP contribution in [0.3, 0.4) is 0 Å². The van der Waals surface area contributed by atoms with Crippen LogP contribution in [-0.4, -0.2) is 13.0 Å². The van der Waals surface area contributed by atoms with Crippen LogP contribution in [0.4, 0.5) is 4.39 Å². The molecule has 1 aliphatic carbocycles. The zero-order chi connectivity index (χ0) is 12.3. The van der Waals surface area contributed by atoms with Crippen molar-refractivity contribution in [3.63, 3.8) is 0 Å². The molecule has 1 saturated carbocycles. The lowest BCUT2D eigenvalue weighted by molar-refractivity contribution is 0.321. The fraction of sp³-hybridized carbons (Fsp3) is 0.571. The molecule has 1 fully saturated rings. The molecule has 3 heteroatoms. The summed E-state index contributed by atoms with van der Waals surface area (Å²) in [6.45, 7) is 0. The topological polar surface area (TPSA) is 9.23 Å². The second kappa shape index (κ2) is 5.26. The first-order chi connectivity index (χ1) is 8.22. The minimum Gasteiger partial charge on any atom is -0.494 e. The number of ether oxygens (including phenoxy) is 1. The third kappa shape index (κ3) is 2.42. The molecule has 2 rings (SSSR count). The van der Waals surface area contributed by atoms with Gasteiger partial charge in [0.15, 0.2) is 11.6 Å². The van der Waals surface area contributed by atoms with Crippen molar-refractivity contribution < 1.29 is 9.13 Å². The Morgan fingerprint density at radius 2 is 2.00 bits per heavy atom. The van der Waals surface area contributed by atoms with Gasteiger partial charge in [-0.3, -0.25) is 0 Å². The Labute approximate surface area is 107 Å². The predicted molar refractivity (Wildman–Crippen MR) is 68.4 cm³/mol. The average molecular weight is 257 g/mol. The van der Waals surface area contributed by atoms with Crippen molar-refractivity contribution in [3.8, 4) is 5.75 Å². The standard InChI is InChI=1S/C14H18ClFO/c1-17-13-6-5-11(9-12(13)16)14(10-15)7-3-2-4-8-14/h5-6,9H,2-4,7-8,10H2,1H3. The van der Waals surface area contributed by atoms with Crippen LogP contribution in [0, 0.1) is 5.82 Å². The van der Waals surface area contributed by atoms with Gasteiger partial charge in [-0.15, -0.1) is 11.6 Å². The molecule has 0 N–H and O–H groups in total. The van der Waals surface area contributed by atoms with Crippen LogP contribution in [-0.2, 0) is 5.41 Å². The van der Waals surface area contributed by atoms with E-state index in [0.717, 1.165) is 18.4 Å². The molecular formula is C14H18ClFO. The molecule has 0 heterocycles. The second-order valence-corrected chi connectivity index (χ2v) is 5.09. The molecule has 0 bridgehead atoms. The van der Waals surface area contributed by atoms with Crippen molar-refractivity contribution in [3.05, 3.63) is 29.6 Å². The lowest BCUT2D eigenvalue weighted by Gasteiger charge is -2.36. The fourth-order valence-corrected chi connectivity index (χ4v) is 3.15. The minimum absolute atomic E-state index is 0.0348. The largest absolute Gasteiger partial charge is 0.494 e. The third-order valence-corrected chi connectivity index (χ3v) is 4.34. The summed E-state index contributed by atoms with van der Waals surface area (Å²) in [4.78, 5) is 0. The Morgan fingerprint density at radius 1 is 1.29 bits per heavy atom. The summed E-state index contributed by atoms with van der Waals surface area (Å²) in [5, 5.41) is 0. The third-order valence-electron chi connectivity index (χ3n) is 3.83. The molecule has 1 aliphatic rings. The quantitative estimate of drug-likeness (QED) is 0.734. The first-order valence-electron chi connectivity index (χ1n) is 6.12. The summed E-state index contributed by atoms with van der Waals surface area (Å²) in [6, 6.07) is 5.25.